The van der Waals surface area contributed by atoms with Gasteiger partial charge in [0.15, 0.2) is 0 Å². The summed E-state index contributed by atoms with van der Waals surface area (Å²) >= 11 is 0. The van der Waals surface area contributed by atoms with Crippen LogP contribution in [0.1, 0.15) is 57.8 Å². The number of non-ortho nitro benzene ring substituents is 1. The summed E-state index contributed by atoms with van der Waals surface area (Å²) in [5, 5.41) is 14.4. The van der Waals surface area contributed by atoms with Crippen molar-refractivity contribution in [2.24, 2.45) is 11.1 Å². The smallest absolute Gasteiger partial charge is 0.318 e. The topological polar surface area (TPSA) is 98.9 Å². The Bertz CT molecular complexity index is 883. The van der Waals surface area contributed by atoms with E-state index in [1.54, 1.807) is 36.4 Å². The Morgan fingerprint density at radius 1 is 0.967 bits per heavy atom. The zero-order valence-electron chi connectivity index (χ0n) is 18.0. The molecule has 0 radical (unpaired) electrons. The van der Waals surface area contributed by atoms with Crippen LogP contribution in [0, 0.1) is 16.0 Å². The van der Waals surface area contributed by atoms with Gasteiger partial charge in [-0.2, -0.15) is 0 Å². The Hall–Kier alpha value is -3.35. The van der Waals surface area contributed by atoms with E-state index < -0.39 is 10.9 Å². The van der Waals surface area contributed by atoms with Gasteiger partial charge in [-0.25, -0.2) is 4.79 Å². The molecule has 0 saturated carbocycles. The van der Waals surface area contributed by atoms with Gasteiger partial charge in [-0.15, -0.1) is 0 Å². The van der Waals surface area contributed by atoms with Crippen molar-refractivity contribution in [3.63, 3.8) is 0 Å². The Labute approximate surface area is 176 Å². The van der Waals surface area contributed by atoms with Crippen molar-refractivity contribution < 1.29 is 19.3 Å². The van der Waals surface area contributed by atoms with Crippen LogP contribution in [-0.2, 0) is 9.63 Å². The summed E-state index contributed by atoms with van der Waals surface area (Å²) in [5.74, 6) is -1.01. The van der Waals surface area contributed by atoms with Gasteiger partial charge in [-0.1, -0.05) is 57.1 Å². The molecular formula is C23H28N2O5. The van der Waals surface area contributed by atoms with Gasteiger partial charge in [0, 0.05) is 17.7 Å². The van der Waals surface area contributed by atoms with Crippen LogP contribution in [0.25, 0.3) is 11.1 Å². The molecule has 30 heavy (non-hydrogen) atoms. The quantitative estimate of drug-likeness (QED) is 0.179. The molecule has 0 heterocycles. The number of nitro benzene ring substituents is 1. The monoisotopic (exact) mass is 412 g/mol. The molecule has 0 unspecified atom stereocenters. The van der Waals surface area contributed by atoms with Crippen molar-refractivity contribution in [3.8, 4) is 11.1 Å². The van der Waals surface area contributed by atoms with E-state index in [9.17, 15) is 19.7 Å². The fraction of sp³-hybridized carbons (Fsp3) is 0.348. The highest BCUT2D eigenvalue weighted by atomic mass is 16.7. The molecule has 0 fully saturated rings. The second-order valence-electron chi connectivity index (χ2n) is 6.31. The van der Waals surface area contributed by atoms with Crippen LogP contribution in [-0.4, -0.2) is 22.4 Å². The third-order valence-corrected chi connectivity index (χ3v) is 4.48. The highest BCUT2D eigenvalue weighted by Crippen LogP contribution is 2.23. The Balaban J connectivity index is 0.00000218. The van der Waals surface area contributed by atoms with Crippen LogP contribution in [0.4, 0.5) is 5.69 Å². The lowest BCUT2D eigenvalue weighted by atomic mass is 10.0. The molecule has 2 aromatic carbocycles. The second-order valence-corrected chi connectivity index (χ2v) is 6.31. The van der Waals surface area contributed by atoms with E-state index in [4.69, 9.17) is 4.84 Å². The van der Waals surface area contributed by atoms with Crippen molar-refractivity contribution in [1.29, 1.82) is 0 Å². The fourth-order valence-corrected chi connectivity index (χ4v) is 2.65. The summed E-state index contributed by atoms with van der Waals surface area (Å²) in [6.45, 7) is 9.28. The number of nitrogens with zero attached hydrogens (tertiary/aromatic N) is 2. The number of carbonyl (C=O) groups is 2. The summed E-state index contributed by atoms with van der Waals surface area (Å²) in [4.78, 5) is 39.4. The van der Waals surface area contributed by atoms with Crippen LogP contribution < -0.4 is 0 Å². The number of rotatable bonds is 8. The Morgan fingerprint density at radius 3 is 1.87 bits per heavy atom. The van der Waals surface area contributed by atoms with Crippen LogP contribution in [0.15, 0.2) is 53.7 Å². The van der Waals surface area contributed by atoms with Crippen molar-refractivity contribution in [3.05, 3.63) is 64.2 Å². The lowest BCUT2D eigenvalue weighted by Crippen LogP contribution is -2.17. The predicted molar refractivity (Wildman–Crippen MR) is 117 cm³/mol. The molecule has 0 saturated heterocycles. The molecule has 7 heteroatoms. The maximum atomic E-state index is 12.4. The van der Waals surface area contributed by atoms with E-state index in [0.717, 1.165) is 11.1 Å². The van der Waals surface area contributed by atoms with Gasteiger partial charge >= 0.3 is 5.97 Å². The molecule has 0 aliphatic heterocycles. The van der Waals surface area contributed by atoms with Gasteiger partial charge in [-0.3, -0.25) is 14.9 Å². The molecule has 0 N–H and O–H groups in total. The van der Waals surface area contributed by atoms with E-state index in [1.807, 2.05) is 27.7 Å². The number of carbonyl (C=O) groups excluding carboxylic acids is 2. The number of hydrogen-bond donors (Lipinski definition) is 0. The first kappa shape index (κ1) is 24.7. The fourth-order valence-electron chi connectivity index (χ4n) is 2.65. The Kier molecular flexibility index (Phi) is 10.1. The average Bonchev–Trinajstić information content (AvgIpc) is 2.79. The molecule has 0 aromatic heterocycles. The van der Waals surface area contributed by atoms with E-state index in [0.29, 0.717) is 18.4 Å². The number of oxime groups is 1. The second kappa shape index (κ2) is 12.3. The number of nitro groups is 1. The zero-order chi connectivity index (χ0) is 22.7. The summed E-state index contributed by atoms with van der Waals surface area (Å²) < 4.78 is 0. The lowest BCUT2D eigenvalue weighted by molar-refractivity contribution is -0.384. The molecule has 7 nitrogen and oxygen atoms in total. The maximum absolute atomic E-state index is 12.4. The molecule has 0 aliphatic carbocycles. The van der Waals surface area contributed by atoms with E-state index in [2.05, 4.69) is 5.16 Å². The Morgan fingerprint density at radius 2 is 1.43 bits per heavy atom. The number of ketones is 1. The van der Waals surface area contributed by atoms with Crippen LogP contribution >= 0.6 is 0 Å². The maximum Gasteiger partial charge on any atom is 0.338 e. The first-order chi connectivity index (χ1) is 14.4. The van der Waals surface area contributed by atoms with Crippen molar-refractivity contribution in [1.82, 2.24) is 0 Å². The van der Waals surface area contributed by atoms with Gasteiger partial charge in [-0.05, 0) is 43.0 Å². The largest absolute Gasteiger partial charge is 0.338 e. The minimum atomic E-state index is -0.455. The SMILES string of the molecule is CC.CCC(CC)C(=O)O/N=C(/C)C(=O)c1ccc(-c2ccc([N+](=O)[O-])cc2)cc1. The number of Topliss-reactive ketones (excluding diaryl/α,β-unsaturated/α-hetero) is 1. The molecular weight excluding hydrogens is 384 g/mol. The first-order valence-corrected chi connectivity index (χ1v) is 10.0. The zero-order valence-corrected chi connectivity index (χ0v) is 18.0. The predicted octanol–water partition coefficient (Wildman–Crippen LogP) is 5.83. The van der Waals surface area contributed by atoms with Crippen LogP contribution in [0.5, 0.6) is 0 Å². The summed E-state index contributed by atoms with van der Waals surface area (Å²) in [6.07, 6.45) is 1.31. The minimum Gasteiger partial charge on any atom is -0.318 e. The molecule has 160 valence electrons. The van der Waals surface area contributed by atoms with Gasteiger partial charge in [0.05, 0.1) is 10.8 Å². The number of benzene rings is 2. The van der Waals surface area contributed by atoms with Crippen molar-refractivity contribution in [2.45, 2.75) is 47.5 Å². The third-order valence-electron chi connectivity index (χ3n) is 4.48. The molecule has 0 atom stereocenters. The van der Waals surface area contributed by atoms with Gasteiger partial charge in [0.2, 0.25) is 5.78 Å². The summed E-state index contributed by atoms with van der Waals surface area (Å²) in [6, 6.07) is 12.9. The third kappa shape index (κ3) is 6.62. The van der Waals surface area contributed by atoms with E-state index in [-0.39, 0.29) is 23.1 Å². The molecule has 0 bridgehead atoms. The van der Waals surface area contributed by atoms with Gasteiger partial charge in [0.1, 0.15) is 5.71 Å². The van der Waals surface area contributed by atoms with Crippen LogP contribution in [0.3, 0.4) is 0 Å². The first-order valence-electron chi connectivity index (χ1n) is 10.0. The summed E-state index contributed by atoms with van der Waals surface area (Å²) in [5.41, 5.74) is 2.13. The molecule has 2 aromatic rings. The lowest BCUT2D eigenvalue weighted by Gasteiger charge is -2.08. The van der Waals surface area contributed by atoms with Crippen LogP contribution in [0.2, 0.25) is 0 Å². The normalized spacial score (nSPS) is 10.8. The molecule has 0 amide bonds. The number of hydrogen-bond acceptors (Lipinski definition) is 6. The average molecular weight is 412 g/mol. The highest BCUT2D eigenvalue weighted by Gasteiger charge is 2.17. The standard InChI is InChI=1S/C21H22N2O5.C2H6/c1-4-15(5-2)21(25)28-22-14(3)20(24)18-8-6-16(7-9-18)17-10-12-19(13-11-17)23(26)27;1-2/h6-13,15H,4-5H2,1-3H3;1-2H3/b22-14-;. The summed E-state index contributed by atoms with van der Waals surface area (Å²) in [7, 11) is 0. The molecule has 0 spiro atoms. The van der Waals surface area contributed by atoms with Crippen molar-refractivity contribution in [2.75, 3.05) is 0 Å². The highest BCUT2D eigenvalue weighted by molar-refractivity contribution is 6.45. The van der Waals surface area contributed by atoms with E-state index >= 15 is 0 Å². The van der Waals surface area contributed by atoms with E-state index in [1.165, 1.54) is 19.1 Å². The van der Waals surface area contributed by atoms with Gasteiger partial charge < -0.3 is 4.84 Å². The van der Waals surface area contributed by atoms with Crippen molar-refractivity contribution >= 4 is 23.2 Å². The molecule has 0 aliphatic rings. The molecule has 2 rings (SSSR count). The van der Waals surface area contributed by atoms with Gasteiger partial charge in [0.25, 0.3) is 5.69 Å². The minimum absolute atomic E-state index is 0.0188.